The normalized spacial score (nSPS) is 17.3. The summed E-state index contributed by atoms with van der Waals surface area (Å²) in [6.45, 7) is 3.17. The number of halogens is 4. The molecule has 12 heteroatoms. The Labute approximate surface area is 229 Å². The molecule has 1 N–H and O–H groups in total. The maximum absolute atomic E-state index is 14.6. The number of sulfonamides is 1. The Morgan fingerprint density at radius 1 is 1.08 bits per heavy atom. The number of piperazine rings is 1. The van der Waals surface area contributed by atoms with E-state index in [-0.39, 0.29) is 15.7 Å². The molecule has 1 saturated heterocycles. The molecule has 0 amide bonds. The monoisotopic (exact) mass is 581 g/mol. The molecule has 0 radical (unpaired) electrons. The van der Waals surface area contributed by atoms with E-state index < -0.39 is 21.4 Å². The number of benzene rings is 2. The first-order valence-corrected chi connectivity index (χ1v) is 14.2. The highest BCUT2D eigenvalue weighted by molar-refractivity contribution is 7.89. The van der Waals surface area contributed by atoms with Crippen LogP contribution < -0.4 is 9.73 Å². The van der Waals surface area contributed by atoms with E-state index in [0.717, 1.165) is 18.4 Å². The van der Waals surface area contributed by atoms with E-state index in [9.17, 15) is 12.8 Å². The van der Waals surface area contributed by atoms with Gasteiger partial charge in [-0.2, -0.15) is 13.2 Å². The minimum atomic E-state index is -3.96. The zero-order valence-electron chi connectivity index (χ0n) is 19.8. The topological polar surface area (TPSA) is 77.9 Å². The van der Waals surface area contributed by atoms with Gasteiger partial charge < -0.3 is 9.80 Å². The van der Waals surface area contributed by atoms with E-state index >= 15 is 0 Å². The third-order valence-corrected chi connectivity index (χ3v) is 8.67. The lowest BCUT2D eigenvalue weighted by atomic mass is 10.1. The van der Waals surface area contributed by atoms with E-state index in [2.05, 4.69) is 14.9 Å². The molecule has 2 heterocycles. The quantitative estimate of drug-likeness (QED) is 0.245. The van der Waals surface area contributed by atoms with Crippen LogP contribution in [0.3, 0.4) is 0 Å². The van der Waals surface area contributed by atoms with Crippen molar-refractivity contribution in [2.45, 2.75) is 30.2 Å². The van der Waals surface area contributed by atoms with Gasteiger partial charge in [-0.15, -0.1) is 5.10 Å². The van der Waals surface area contributed by atoms with Gasteiger partial charge in [-0.25, -0.2) is 9.37 Å². The molecular formula is C25H23Cl3FN5O2S. The Kier molecular flexibility index (Phi) is 7.00. The predicted molar refractivity (Wildman–Crippen MR) is 145 cm³/mol. The van der Waals surface area contributed by atoms with Crippen molar-refractivity contribution in [3.63, 3.8) is 0 Å². The molecule has 1 saturated carbocycles. The van der Waals surface area contributed by atoms with Gasteiger partial charge >= 0.3 is 0 Å². The minimum Gasteiger partial charge on any atom is -0.350 e. The van der Waals surface area contributed by atoms with Gasteiger partial charge in [0.25, 0.3) is 10.0 Å². The second-order valence-electron chi connectivity index (χ2n) is 9.20. The highest BCUT2D eigenvalue weighted by atomic mass is 35.5. The van der Waals surface area contributed by atoms with E-state index in [4.69, 9.17) is 34.8 Å². The van der Waals surface area contributed by atoms with E-state index in [0.29, 0.717) is 41.1 Å². The molecule has 0 unspecified atom stereocenters. The summed E-state index contributed by atoms with van der Waals surface area (Å²) >= 11 is 19.0. The highest BCUT2D eigenvalue weighted by Crippen LogP contribution is 2.46. The second-order valence-corrected chi connectivity index (χ2v) is 12.1. The van der Waals surface area contributed by atoms with Gasteiger partial charge in [0, 0.05) is 25.8 Å². The van der Waals surface area contributed by atoms with Crippen LogP contribution in [0, 0.1) is 12.7 Å². The molecule has 0 bridgehead atoms. The molecule has 7 nitrogen and oxygen atoms in total. The van der Waals surface area contributed by atoms with Gasteiger partial charge in [-0.05, 0) is 50.1 Å². The molecule has 37 heavy (non-hydrogen) atoms. The fourth-order valence-electron chi connectivity index (χ4n) is 4.54. The van der Waals surface area contributed by atoms with Crippen molar-refractivity contribution in [3.8, 4) is 0 Å². The Morgan fingerprint density at radius 3 is 2.38 bits per heavy atom. The molecule has 2 aromatic carbocycles. The van der Waals surface area contributed by atoms with Crippen LogP contribution in [0.4, 0.5) is 10.2 Å². The van der Waals surface area contributed by atoms with Crippen molar-refractivity contribution in [3.05, 3.63) is 86.7 Å². The van der Waals surface area contributed by atoms with Crippen molar-refractivity contribution in [1.82, 2.24) is 14.7 Å². The molecule has 1 spiro atoms. The predicted octanol–water partition coefficient (Wildman–Crippen LogP) is 5.48. The summed E-state index contributed by atoms with van der Waals surface area (Å²) in [6, 6.07) is 12.8. The lowest BCUT2D eigenvalue weighted by Crippen LogP contribution is -2.58. The van der Waals surface area contributed by atoms with E-state index in [1.807, 2.05) is 16.7 Å². The van der Waals surface area contributed by atoms with Crippen LogP contribution in [0.25, 0.3) is 0 Å². The Morgan fingerprint density at radius 2 is 1.76 bits per heavy atom. The number of nitrogens with one attached hydrogen (secondary N) is 1. The van der Waals surface area contributed by atoms with Crippen LogP contribution in [0.5, 0.6) is 0 Å². The van der Waals surface area contributed by atoms with Gasteiger partial charge in [0.05, 0.1) is 31.1 Å². The van der Waals surface area contributed by atoms with Crippen LogP contribution in [0.15, 0.2) is 64.7 Å². The summed E-state index contributed by atoms with van der Waals surface area (Å²) in [4.78, 5) is 10.5. The van der Waals surface area contributed by atoms with Gasteiger partial charge in [0.1, 0.15) is 0 Å². The van der Waals surface area contributed by atoms with Gasteiger partial charge in [-0.3, -0.25) is 0 Å². The van der Waals surface area contributed by atoms with Crippen molar-refractivity contribution < 1.29 is 12.8 Å². The number of aromatic nitrogens is 1. The SMILES string of the molecule is Cc1ccc(S(=O)(=O)N/N=C(/c2c(Cl)cccc2Cl)N2CCN(c3ncc(Cl)cc3F)CC23CC3)cc1. The second kappa shape index (κ2) is 9.94. The zero-order chi connectivity index (χ0) is 26.4. The average Bonchev–Trinajstić information content (AvgIpc) is 3.61. The third-order valence-electron chi connectivity index (χ3n) is 6.61. The summed E-state index contributed by atoms with van der Waals surface area (Å²) in [5.41, 5.74) is 0.946. The molecule has 2 fully saturated rings. The molecule has 1 aliphatic carbocycles. The van der Waals surface area contributed by atoms with Crippen molar-refractivity contribution in [2.75, 3.05) is 24.5 Å². The molecule has 2 aliphatic rings. The van der Waals surface area contributed by atoms with Gasteiger partial charge in [-0.1, -0.05) is 58.6 Å². The maximum Gasteiger partial charge on any atom is 0.276 e. The number of hydrogen-bond acceptors (Lipinski definition) is 5. The van der Waals surface area contributed by atoms with Gasteiger partial charge in [0.15, 0.2) is 17.5 Å². The molecule has 5 rings (SSSR count). The van der Waals surface area contributed by atoms with E-state index in [1.54, 1.807) is 30.3 Å². The number of nitrogens with zero attached hydrogens (tertiary/aromatic N) is 4. The number of amidine groups is 1. The fourth-order valence-corrected chi connectivity index (χ4v) is 6.05. The first kappa shape index (κ1) is 26.0. The van der Waals surface area contributed by atoms with Crippen molar-refractivity contribution in [1.29, 1.82) is 0 Å². The molecule has 0 atom stereocenters. The van der Waals surface area contributed by atoms with Gasteiger partial charge in [0.2, 0.25) is 0 Å². The highest BCUT2D eigenvalue weighted by Gasteiger charge is 2.53. The van der Waals surface area contributed by atoms with Crippen LogP contribution in [0.2, 0.25) is 15.1 Å². The molecular weight excluding hydrogens is 560 g/mol. The summed E-state index contributed by atoms with van der Waals surface area (Å²) < 4.78 is 40.7. The summed E-state index contributed by atoms with van der Waals surface area (Å²) in [7, 11) is -3.96. The summed E-state index contributed by atoms with van der Waals surface area (Å²) in [5.74, 6) is 0.0447. The maximum atomic E-state index is 14.6. The molecule has 1 aliphatic heterocycles. The average molecular weight is 583 g/mol. The molecule has 1 aromatic heterocycles. The number of aryl methyl sites for hydroxylation is 1. The Hall–Kier alpha value is -2.59. The summed E-state index contributed by atoms with van der Waals surface area (Å²) in [6.07, 6.45) is 3.01. The smallest absolute Gasteiger partial charge is 0.276 e. The Bertz CT molecular complexity index is 1460. The van der Waals surface area contributed by atoms with Crippen LogP contribution in [0.1, 0.15) is 24.0 Å². The Balaban J connectivity index is 1.51. The number of pyridine rings is 1. The van der Waals surface area contributed by atoms with Crippen LogP contribution in [-0.4, -0.2) is 49.3 Å². The van der Waals surface area contributed by atoms with Crippen molar-refractivity contribution >= 4 is 56.5 Å². The van der Waals surface area contributed by atoms with E-state index in [1.165, 1.54) is 24.4 Å². The van der Waals surface area contributed by atoms with Crippen molar-refractivity contribution in [2.24, 2.45) is 5.10 Å². The van der Waals surface area contributed by atoms with Crippen LogP contribution >= 0.6 is 34.8 Å². The lowest BCUT2D eigenvalue weighted by molar-refractivity contribution is 0.258. The minimum absolute atomic E-state index is 0.0849. The molecule has 3 aromatic rings. The largest absolute Gasteiger partial charge is 0.350 e. The number of anilines is 1. The zero-order valence-corrected chi connectivity index (χ0v) is 22.8. The fraction of sp³-hybridized carbons (Fsp3) is 0.280. The first-order valence-electron chi connectivity index (χ1n) is 11.5. The lowest BCUT2D eigenvalue weighted by Gasteiger charge is -2.44. The first-order chi connectivity index (χ1) is 17.6. The number of rotatable bonds is 5. The standard InChI is InChI=1S/C25H23Cl3FN5O2S/c1-16-5-7-18(8-6-16)37(35,36)32-31-24(22-19(27)3-2-4-20(22)28)34-12-11-33(15-25(34)9-10-25)23-21(29)13-17(26)14-30-23/h2-8,13-14,32H,9-12,15H2,1H3/b31-24-. The third kappa shape index (κ3) is 5.23. The number of hydrogen-bond donors (Lipinski definition) is 1. The van der Waals surface area contributed by atoms with Crippen LogP contribution in [-0.2, 0) is 10.0 Å². The molecule has 194 valence electrons. The number of hydrazone groups is 1. The summed E-state index contributed by atoms with van der Waals surface area (Å²) in [5, 5.41) is 5.28.